The van der Waals surface area contributed by atoms with Crippen molar-refractivity contribution in [1.82, 2.24) is 0 Å². The highest BCUT2D eigenvalue weighted by atomic mass is 31.2. The molecule has 0 aliphatic rings. The van der Waals surface area contributed by atoms with E-state index in [1.165, 1.54) is 0 Å². The van der Waals surface area contributed by atoms with Gasteiger partial charge in [0, 0.05) is 16.2 Å². The molecule has 2 nitrogen and oxygen atoms in total. The zero-order valence-corrected chi connectivity index (χ0v) is 17.4. The topological polar surface area (TPSA) is 34.1 Å². The molecule has 0 aromatic heterocycles. The molecule has 3 rings (SSSR count). The first-order chi connectivity index (χ1) is 12.7. The second-order valence-electron chi connectivity index (χ2n) is 7.36. The van der Waals surface area contributed by atoms with Crippen LogP contribution in [0.15, 0.2) is 60.7 Å². The van der Waals surface area contributed by atoms with Crippen LogP contribution in [0.4, 0.5) is 0 Å². The molecule has 0 aliphatic heterocycles. The molecule has 0 saturated carbocycles. The van der Waals surface area contributed by atoms with E-state index in [1.807, 2.05) is 95.3 Å². The van der Waals surface area contributed by atoms with E-state index in [-0.39, 0.29) is 5.52 Å². The predicted octanol–water partition coefficient (Wildman–Crippen LogP) is 5.38. The molecule has 0 unspecified atom stereocenters. The molecule has 0 heterocycles. The maximum absolute atomic E-state index is 14.4. The van der Waals surface area contributed by atoms with Crippen LogP contribution >= 0.6 is 7.14 Å². The van der Waals surface area contributed by atoms with Gasteiger partial charge in [0.15, 0.2) is 0 Å². The number of benzene rings is 3. The Morgan fingerprint density at radius 1 is 0.630 bits per heavy atom. The van der Waals surface area contributed by atoms with E-state index in [9.17, 15) is 9.36 Å². The average Bonchev–Trinajstić information content (AvgIpc) is 2.61. The summed E-state index contributed by atoms with van der Waals surface area (Å²) in [6, 6.07) is 18.9. The van der Waals surface area contributed by atoms with Crippen molar-refractivity contribution in [1.29, 1.82) is 0 Å². The lowest BCUT2D eigenvalue weighted by atomic mass is 10.0. The van der Waals surface area contributed by atoms with Gasteiger partial charge in [0.2, 0.25) is 12.7 Å². The van der Waals surface area contributed by atoms with Gasteiger partial charge >= 0.3 is 0 Å². The van der Waals surface area contributed by atoms with Gasteiger partial charge in [0.25, 0.3) is 0 Å². The molecule has 0 spiro atoms. The van der Waals surface area contributed by atoms with Gasteiger partial charge in [-0.15, -0.1) is 0 Å². The van der Waals surface area contributed by atoms with Gasteiger partial charge in [0.05, 0.1) is 0 Å². The van der Waals surface area contributed by atoms with Crippen molar-refractivity contribution in [3.05, 3.63) is 94.0 Å². The second kappa shape index (κ2) is 7.29. The maximum Gasteiger partial charge on any atom is 0.230 e. The maximum atomic E-state index is 14.4. The van der Waals surface area contributed by atoms with Crippen molar-refractivity contribution in [2.75, 3.05) is 0 Å². The lowest BCUT2D eigenvalue weighted by Crippen LogP contribution is -2.24. The molecule has 3 aromatic carbocycles. The molecule has 3 heteroatoms. The van der Waals surface area contributed by atoms with Gasteiger partial charge in [-0.2, -0.15) is 0 Å². The molecule has 0 atom stereocenters. The first-order valence-electron chi connectivity index (χ1n) is 9.10. The predicted molar refractivity (Wildman–Crippen MR) is 114 cm³/mol. The Balaban J connectivity index is 2.28. The Labute approximate surface area is 161 Å². The summed E-state index contributed by atoms with van der Waals surface area (Å²) in [4.78, 5) is 13.7. The van der Waals surface area contributed by atoms with Crippen molar-refractivity contribution in [2.45, 2.75) is 34.6 Å². The Morgan fingerprint density at radius 2 is 1.00 bits per heavy atom. The zero-order valence-electron chi connectivity index (χ0n) is 16.5. The smallest absolute Gasteiger partial charge is 0.230 e. The highest BCUT2D eigenvalue weighted by molar-refractivity contribution is 7.93. The summed E-state index contributed by atoms with van der Waals surface area (Å²) in [5, 5.41) is 1.17. The van der Waals surface area contributed by atoms with E-state index in [0.717, 1.165) is 27.8 Å². The summed E-state index contributed by atoms with van der Waals surface area (Å²) >= 11 is 0. The molecule has 138 valence electrons. The number of aryl methyl sites for hydroxylation is 5. The fourth-order valence-corrected chi connectivity index (χ4v) is 6.14. The summed E-state index contributed by atoms with van der Waals surface area (Å²) in [5.74, 6) is 0. The minimum atomic E-state index is -3.48. The van der Waals surface area contributed by atoms with E-state index in [4.69, 9.17) is 0 Å². The second-order valence-corrected chi connectivity index (χ2v) is 10.0. The molecule has 0 N–H and O–H groups in total. The Bertz CT molecular complexity index is 972. The highest BCUT2D eigenvalue weighted by Crippen LogP contribution is 2.48. The Kier molecular flexibility index (Phi) is 5.22. The standard InChI is InChI=1S/C24H25O2P/c1-16-6-10-21(11-7-16)27(26,22-12-8-17(2)9-13-22)24(25)23-19(4)14-18(3)15-20(23)5/h6-15H,1-5H3. The fourth-order valence-electron chi connectivity index (χ4n) is 3.57. The Hall–Kier alpha value is -2.44. The highest BCUT2D eigenvalue weighted by Gasteiger charge is 2.38. The monoisotopic (exact) mass is 376 g/mol. The lowest BCUT2D eigenvalue weighted by molar-refractivity contribution is 0.107. The third-order valence-electron chi connectivity index (χ3n) is 4.97. The van der Waals surface area contributed by atoms with E-state index in [1.54, 1.807) is 0 Å². The van der Waals surface area contributed by atoms with Crippen LogP contribution in [0.2, 0.25) is 0 Å². The molecule has 0 bridgehead atoms. The molecule has 27 heavy (non-hydrogen) atoms. The number of hydrogen-bond acceptors (Lipinski definition) is 2. The fraction of sp³-hybridized carbons (Fsp3) is 0.208. The number of rotatable bonds is 4. The minimum Gasteiger partial charge on any atom is -0.305 e. The van der Waals surface area contributed by atoms with Crippen LogP contribution in [0.5, 0.6) is 0 Å². The van der Waals surface area contributed by atoms with E-state index >= 15 is 0 Å². The molecular formula is C24H25O2P. The van der Waals surface area contributed by atoms with Crippen LogP contribution in [0.3, 0.4) is 0 Å². The van der Waals surface area contributed by atoms with Crippen molar-refractivity contribution >= 4 is 23.3 Å². The van der Waals surface area contributed by atoms with Gasteiger partial charge in [-0.1, -0.05) is 77.4 Å². The molecule has 0 saturated heterocycles. The molecule has 0 amide bonds. The van der Waals surface area contributed by atoms with Crippen molar-refractivity contribution < 1.29 is 9.36 Å². The molecule has 0 radical (unpaired) electrons. The summed E-state index contributed by atoms with van der Waals surface area (Å²) < 4.78 is 14.4. The van der Waals surface area contributed by atoms with Crippen LogP contribution in [-0.2, 0) is 4.57 Å². The van der Waals surface area contributed by atoms with Gasteiger partial charge in [-0.25, -0.2) is 0 Å². The van der Waals surface area contributed by atoms with Crippen LogP contribution < -0.4 is 10.6 Å². The van der Waals surface area contributed by atoms with Crippen LogP contribution in [0.25, 0.3) is 0 Å². The van der Waals surface area contributed by atoms with Gasteiger partial charge in [-0.05, 0) is 45.7 Å². The molecule has 0 fully saturated rings. The first kappa shape index (κ1) is 19.3. The van der Waals surface area contributed by atoms with Crippen LogP contribution in [-0.4, -0.2) is 5.52 Å². The number of carbonyl (C=O) groups excluding carboxylic acids is 1. The van der Waals surface area contributed by atoms with E-state index in [2.05, 4.69) is 0 Å². The Morgan fingerprint density at radius 3 is 1.37 bits per heavy atom. The molecule has 0 aliphatic carbocycles. The lowest BCUT2D eigenvalue weighted by Gasteiger charge is -2.21. The largest absolute Gasteiger partial charge is 0.305 e. The van der Waals surface area contributed by atoms with Gasteiger partial charge < -0.3 is 4.57 Å². The van der Waals surface area contributed by atoms with Gasteiger partial charge in [0.1, 0.15) is 0 Å². The third-order valence-corrected chi connectivity index (χ3v) is 7.82. The summed E-state index contributed by atoms with van der Waals surface area (Å²) in [6.07, 6.45) is 0. The SMILES string of the molecule is Cc1ccc(P(=O)(C(=O)c2c(C)cc(C)cc2C)c2ccc(C)cc2)cc1. The van der Waals surface area contributed by atoms with Crippen LogP contribution in [0, 0.1) is 34.6 Å². The van der Waals surface area contributed by atoms with Crippen LogP contribution in [0.1, 0.15) is 38.2 Å². The summed E-state index contributed by atoms with van der Waals surface area (Å²) in [7, 11) is -3.48. The minimum absolute atomic E-state index is 0.287. The number of hydrogen-bond donors (Lipinski definition) is 0. The van der Waals surface area contributed by atoms with E-state index < -0.39 is 7.14 Å². The molecular weight excluding hydrogens is 351 g/mol. The van der Waals surface area contributed by atoms with Crippen molar-refractivity contribution in [3.8, 4) is 0 Å². The third kappa shape index (κ3) is 3.55. The number of carbonyl (C=O) groups is 1. The normalized spacial score (nSPS) is 11.4. The summed E-state index contributed by atoms with van der Waals surface area (Å²) in [6.45, 7) is 9.81. The average molecular weight is 376 g/mol. The van der Waals surface area contributed by atoms with Gasteiger partial charge in [-0.3, -0.25) is 4.79 Å². The first-order valence-corrected chi connectivity index (χ1v) is 10.8. The van der Waals surface area contributed by atoms with E-state index in [0.29, 0.717) is 16.2 Å². The quantitative estimate of drug-likeness (QED) is 0.573. The van der Waals surface area contributed by atoms with Crippen molar-refractivity contribution in [2.24, 2.45) is 0 Å². The summed E-state index contributed by atoms with van der Waals surface area (Å²) in [5.41, 5.74) is 5.28. The van der Waals surface area contributed by atoms with Crippen molar-refractivity contribution in [3.63, 3.8) is 0 Å². The zero-order chi connectivity index (χ0) is 19.8. The molecule has 3 aromatic rings.